The number of hydrogen-bond donors (Lipinski definition) is 4. The summed E-state index contributed by atoms with van der Waals surface area (Å²) in [5.41, 5.74) is 12.0. The number of rotatable bonds is 9. The summed E-state index contributed by atoms with van der Waals surface area (Å²) in [6.45, 7) is 8.30. The summed E-state index contributed by atoms with van der Waals surface area (Å²) >= 11 is 6.44. The first kappa shape index (κ1) is 49.7. The standard InChI is InChI=1S/C24H28N2O3.C12H13FN2.C2H6.CH3.Ca.Cd.H2S2/c25-23(27)7-2-1-4-18-13-21-20(24(18)28)5-3-6-22(21)29-15-16-8-9-19-14-26-11-10-17(19)12-16;13-11-8-10(9-14)4-5-12(11)15-6-2-1-3-7-15;1-2;;;;1-2/h3,5-6,8-9,12,18,26H,1-2,4,7,10-11,13-15H2,(H2,25,27);4-5,8H,1-3,6-7H2;1-2H3;1H3;;;1-2H/q;;;-1;;;/t18-;;;;;;/m1....../s1. The second-order valence-corrected chi connectivity index (χ2v) is 11.9. The van der Waals surface area contributed by atoms with E-state index in [2.05, 4.69) is 51.7 Å². The van der Waals surface area contributed by atoms with Gasteiger partial charge < -0.3 is 28.1 Å². The molecule has 12 heteroatoms. The SMILES string of the molecule is CC.N#Cc1ccc(N2CCCCC2)c(F)c1.NC(=O)CCCC[C@@H]1Cc2c(OCc3ccc4c(c3)CCNC4)cccc2C1=O.SS.[CH3-].[Ca].[Cd]. The monoisotopic (exact) mass is 861 g/mol. The van der Waals surface area contributed by atoms with Crippen LogP contribution in [0.2, 0.25) is 0 Å². The molecule has 1 fully saturated rings. The fourth-order valence-electron chi connectivity index (χ4n) is 6.37. The number of unbranched alkanes of at least 4 members (excludes halogenated alkanes) is 1. The van der Waals surface area contributed by atoms with Gasteiger partial charge in [-0.05, 0) is 92.4 Å². The Kier molecular flexibility index (Phi) is 26.6. The minimum absolute atomic E-state index is 0. The number of carbonyl (C=O) groups excluding carboxylic acids is 2. The number of primary amides is 1. The van der Waals surface area contributed by atoms with Gasteiger partial charge in [-0.25, -0.2) is 4.39 Å². The molecule has 1 saturated heterocycles. The average molecular weight is 860 g/mol. The van der Waals surface area contributed by atoms with Crippen molar-refractivity contribution in [1.29, 1.82) is 5.26 Å². The molecule has 3 aromatic carbocycles. The summed E-state index contributed by atoms with van der Waals surface area (Å²) < 4.78 is 19.8. The quantitative estimate of drug-likeness (QED) is 0.0575. The minimum Gasteiger partial charge on any atom is -0.489 e. The number of hydrogen-bond acceptors (Lipinski definition) is 8. The predicted octanol–water partition coefficient (Wildman–Crippen LogP) is 7.85. The molecule has 3 aromatic rings. The van der Waals surface area contributed by atoms with Crippen LogP contribution in [0.1, 0.15) is 97.0 Å². The van der Waals surface area contributed by atoms with Crippen molar-refractivity contribution in [3.8, 4) is 11.8 Å². The number of ether oxygens (including phenoxy) is 1. The first-order chi connectivity index (χ1) is 23.4. The van der Waals surface area contributed by atoms with E-state index in [9.17, 15) is 14.0 Å². The molecule has 1 amide bonds. The normalized spacial score (nSPS) is 15.0. The number of amides is 1. The van der Waals surface area contributed by atoms with Gasteiger partial charge in [-0.15, -0.1) is 23.3 Å². The largest absolute Gasteiger partial charge is 0.489 e. The number of nitrogens with two attached hydrogens (primary N) is 1. The van der Waals surface area contributed by atoms with Crippen molar-refractivity contribution >= 4 is 78.4 Å². The molecular weight excluding hydrogens is 808 g/mol. The molecule has 270 valence electrons. The van der Waals surface area contributed by atoms with E-state index in [1.807, 2.05) is 38.1 Å². The molecular formula is C39H52CaCdFN4O3S2-. The van der Waals surface area contributed by atoms with Gasteiger partial charge in [0.1, 0.15) is 18.2 Å². The summed E-state index contributed by atoms with van der Waals surface area (Å²) in [4.78, 5) is 25.7. The van der Waals surface area contributed by atoms with Gasteiger partial charge in [-0.1, -0.05) is 50.6 Å². The first-order valence-corrected chi connectivity index (χ1v) is 18.6. The van der Waals surface area contributed by atoms with E-state index in [-0.39, 0.29) is 95.9 Å². The molecule has 2 radical (unpaired) electrons. The zero-order valence-corrected chi connectivity index (χ0v) is 38.6. The maximum Gasteiger partial charge on any atom is 0.217 e. The molecule has 3 N–H and O–H groups in total. The number of Topliss-reactive ketones (excluding diaryl/α,β-unsaturated/α-hetero) is 1. The maximum atomic E-state index is 13.6. The van der Waals surface area contributed by atoms with E-state index >= 15 is 0 Å². The topological polar surface area (TPSA) is 108 Å². The number of ketones is 1. The van der Waals surface area contributed by atoms with E-state index in [4.69, 9.17) is 15.7 Å². The molecule has 0 saturated carbocycles. The molecule has 2 aliphatic heterocycles. The fraction of sp³-hybridized carbons (Fsp3) is 0.436. The van der Waals surface area contributed by atoms with Crippen LogP contribution in [0.5, 0.6) is 5.75 Å². The van der Waals surface area contributed by atoms with Gasteiger partial charge in [0.2, 0.25) is 5.91 Å². The Hall–Kier alpha value is -1.34. The van der Waals surface area contributed by atoms with Gasteiger partial charge in [0.25, 0.3) is 0 Å². The van der Waals surface area contributed by atoms with Gasteiger partial charge in [-0.3, -0.25) is 9.59 Å². The molecule has 7 nitrogen and oxygen atoms in total. The van der Waals surface area contributed by atoms with Crippen molar-refractivity contribution in [3.63, 3.8) is 0 Å². The smallest absolute Gasteiger partial charge is 0.217 e. The van der Waals surface area contributed by atoms with Crippen molar-refractivity contribution in [2.75, 3.05) is 24.5 Å². The zero-order chi connectivity index (χ0) is 34.9. The summed E-state index contributed by atoms with van der Waals surface area (Å²) in [5.74, 6) is 0.440. The predicted molar refractivity (Wildman–Crippen MR) is 210 cm³/mol. The number of fused-ring (bicyclic) bond motifs is 2. The molecule has 1 atom stereocenters. The molecule has 0 aromatic heterocycles. The number of benzene rings is 3. The Balaban J connectivity index is 0.000000970. The third kappa shape index (κ3) is 15.1. The van der Waals surface area contributed by atoms with Crippen LogP contribution in [0.25, 0.3) is 0 Å². The Morgan fingerprint density at radius 1 is 1.06 bits per heavy atom. The number of anilines is 1. The summed E-state index contributed by atoms with van der Waals surface area (Å²) in [6, 6.07) is 18.9. The number of thiol groups is 2. The van der Waals surface area contributed by atoms with Crippen molar-refractivity contribution in [2.24, 2.45) is 11.7 Å². The van der Waals surface area contributed by atoms with Crippen LogP contribution in [-0.4, -0.2) is 69.1 Å². The van der Waals surface area contributed by atoms with Gasteiger partial charge in [0, 0.05) is 108 Å². The number of carbonyl (C=O) groups is 2. The molecule has 0 unspecified atom stereocenters. The van der Waals surface area contributed by atoms with Crippen LogP contribution < -0.4 is 20.7 Å². The summed E-state index contributed by atoms with van der Waals surface area (Å²) in [7, 11) is 0. The number of nitriles is 1. The van der Waals surface area contributed by atoms with Crippen molar-refractivity contribution < 1.29 is 46.0 Å². The molecule has 3 aliphatic rings. The second-order valence-electron chi connectivity index (χ2n) is 11.9. The van der Waals surface area contributed by atoms with Crippen LogP contribution >= 0.6 is 23.3 Å². The van der Waals surface area contributed by atoms with Crippen LogP contribution in [0.3, 0.4) is 0 Å². The third-order valence-electron chi connectivity index (χ3n) is 8.77. The Labute approximate surface area is 365 Å². The zero-order valence-electron chi connectivity index (χ0n) is 30.6. The maximum absolute atomic E-state index is 13.6. The van der Waals surface area contributed by atoms with E-state index in [0.717, 1.165) is 93.6 Å². The van der Waals surface area contributed by atoms with Crippen molar-refractivity contribution in [3.05, 3.63) is 101 Å². The number of nitrogens with one attached hydrogen (secondary N) is 1. The Morgan fingerprint density at radius 2 is 1.78 bits per heavy atom. The van der Waals surface area contributed by atoms with E-state index in [1.165, 1.54) is 23.6 Å². The van der Waals surface area contributed by atoms with E-state index < -0.39 is 0 Å². The fourth-order valence-corrected chi connectivity index (χ4v) is 6.37. The van der Waals surface area contributed by atoms with Crippen LogP contribution in [0.4, 0.5) is 10.1 Å². The van der Waals surface area contributed by atoms with E-state index in [1.54, 1.807) is 12.1 Å². The number of nitrogens with zero attached hydrogens (tertiary/aromatic N) is 2. The molecule has 51 heavy (non-hydrogen) atoms. The Bertz CT molecular complexity index is 1550. The van der Waals surface area contributed by atoms with E-state index in [0.29, 0.717) is 24.3 Å². The van der Waals surface area contributed by atoms with Gasteiger partial charge >= 0.3 is 0 Å². The van der Waals surface area contributed by atoms with Crippen LogP contribution in [-0.2, 0) is 58.1 Å². The third-order valence-corrected chi connectivity index (χ3v) is 8.77. The van der Waals surface area contributed by atoms with Crippen LogP contribution in [0, 0.1) is 30.5 Å². The van der Waals surface area contributed by atoms with Gasteiger partial charge in [0.15, 0.2) is 5.78 Å². The Morgan fingerprint density at radius 3 is 2.45 bits per heavy atom. The molecule has 0 bridgehead atoms. The van der Waals surface area contributed by atoms with Crippen molar-refractivity contribution in [2.45, 2.75) is 84.8 Å². The number of halogens is 1. The molecule has 0 spiro atoms. The number of piperidine rings is 1. The van der Waals surface area contributed by atoms with Gasteiger partial charge in [-0.2, -0.15) is 5.26 Å². The minimum atomic E-state index is -0.282. The first-order valence-electron chi connectivity index (χ1n) is 17.0. The van der Waals surface area contributed by atoms with Gasteiger partial charge in [0.05, 0.1) is 17.3 Å². The summed E-state index contributed by atoms with van der Waals surface area (Å²) in [5, 5.41) is 12.0. The molecule has 6 rings (SSSR count). The molecule has 2 heterocycles. The van der Waals surface area contributed by atoms with Crippen LogP contribution in [0.15, 0.2) is 54.6 Å². The van der Waals surface area contributed by atoms with Crippen molar-refractivity contribution in [1.82, 2.24) is 5.32 Å². The average Bonchev–Trinajstić information content (AvgIpc) is 3.46. The second kappa shape index (κ2) is 27.3. The molecule has 1 aliphatic carbocycles. The summed E-state index contributed by atoms with van der Waals surface area (Å²) in [6.07, 6.45) is 8.01.